The number of β-amino-alcohol motifs (C(OH)–C–C–N with tert-alkyl or cyclic N) is 1. The summed E-state index contributed by atoms with van der Waals surface area (Å²) in [5, 5.41) is 10.8. The van der Waals surface area contributed by atoms with E-state index in [0.717, 1.165) is 12.4 Å². The highest BCUT2D eigenvalue weighted by atomic mass is 16.3. The predicted octanol–water partition coefficient (Wildman–Crippen LogP) is 1.13. The van der Waals surface area contributed by atoms with Crippen molar-refractivity contribution in [3.63, 3.8) is 0 Å². The molecule has 0 saturated carbocycles. The summed E-state index contributed by atoms with van der Waals surface area (Å²) in [6.45, 7) is 1.52. The number of hydrogen-bond acceptors (Lipinski definition) is 4. The Hall–Kier alpha value is -2.34. The number of carbonyl (C=O) groups is 1. The Morgan fingerprint density at radius 1 is 1.39 bits per heavy atom. The Morgan fingerprint density at radius 3 is 2.87 bits per heavy atom. The van der Waals surface area contributed by atoms with E-state index < -0.39 is 5.60 Å². The van der Waals surface area contributed by atoms with Crippen molar-refractivity contribution in [1.82, 2.24) is 14.5 Å². The highest BCUT2D eigenvalue weighted by Gasteiger charge is 2.38. The number of aromatic nitrogens is 2. The van der Waals surface area contributed by atoms with E-state index in [1.807, 2.05) is 37.5 Å². The van der Waals surface area contributed by atoms with Gasteiger partial charge in [-0.15, -0.1) is 0 Å². The summed E-state index contributed by atoms with van der Waals surface area (Å²) in [7, 11) is 3.57. The highest BCUT2D eigenvalue weighted by molar-refractivity contribution is 5.92. The number of nitrogens with zero attached hydrogens (tertiary/aromatic N) is 4. The van der Waals surface area contributed by atoms with Gasteiger partial charge in [0.25, 0.3) is 5.91 Å². The smallest absolute Gasteiger partial charge is 0.270 e. The normalized spacial score (nSPS) is 20.7. The van der Waals surface area contributed by atoms with Crippen molar-refractivity contribution in [2.45, 2.75) is 12.0 Å². The Morgan fingerprint density at radius 2 is 2.22 bits per heavy atom. The molecular formula is C17H22N4O2. The minimum absolute atomic E-state index is 0.0813. The first kappa shape index (κ1) is 15.6. The molecule has 1 aliphatic heterocycles. The Kier molecular flexibility index (Phi) is 4.09. The molecule has 2 aromatic rings. The average molecular weight is 314 g/mol. The van der Waals surface area contributed by atoms with E-state index in [1.54, 1.807) is 28.8 Å². The van der Waals surface area contributed by atoms with E-state index in [9.17, 15) is 9.90 Å². The average Bonchev–Trinajstić information content (AvgIpc) is 3.13. The van der Waals surface area contributed by atoms with E-state index in [4.69, 9.17) is 0 Å². The van der Waals surface area contributed by atoms with Gasteiger partial charge in [0.05, 0.1) is 6.54 Å². The lowest BCUT2D eigenvalue weighted by molar-refractivity contribution is 0.0260. The van der Waals surface area contributed by atoms with Gasteiger partial charge in [0, 0.05) is 39.6 Å². The minimum atomic E-state index is -0.910. The molecule has 0 aliphatic carbocycles. The van der Waals surface area contributed by atoms with Crippen molar-refractivity contribution in [2.75, 3.05) is 31.6 Å². The number of anilines is 1. The van der Waals surface area contributed by atoms with Gasteiger partial charge in [-0.3, -0.25) is 4.79 Å². The molecule has 6 heteroatoms. The maximum atomic E-state index is 12.5. The number of amides is 1. The minimum Gasteiger partial charge on any atom is -0.386 e. The SMILES string of the molecule is CN(C[C@]1(O)CCN(c2ccccn2)C1)C(=O)c1cccn1C. The van der Waals surface area contributed by atoms with Crippen LogP contribution in [0.15, 0.2) is 42.7 Å². The standard InChI is InChI=1S/C17H22N4O2/c1-19-10-5-6-14(19)16(22)20(2)12-17(23)8-11-21(13-17)15-7-3-4-9-18-15/h3-7,9-10,23H,8,11-13H2,1-2H3/t17-/m1/s1. The second-order valence-electron chi connectivity index (χ2n) is 6.25. The maximum Gasteiger partial charge on any atom is 0.270 e. The van der Waals surface area contributed by atoms with Gasteiger partial charge in [0.2, 0.25) is 0 Å². The summed E-state index contributed by atoms with van der Waals surface area (Å²) in [6.07, 6.45) is 4.21. The lowest BCUT2D eigenvalue weighted by Gasteiger charge is -2.29. The molecule has 23 heavy (non-hydrogen) atoms. The van der Waals surface area contributed by atoms with Crippen LogP contribution in [-0.4, -0.2) is 57.7 Å². The molecule has 6 nitrogen and oxygen atoms in total. The van der Waals surface area contributed by atoms with Gasteiger partial charge in [-0.05, 0) is 30.7 Å². The summed E-state index contributed by atoms with van der Waals surface area (Å²) >= 11 is 0. The van der Waals surface area contributed by atoms with Gasteiger partial charge in [0.1, 0.15) is 17.1 Å². The molecule has 1 N–H and O–H groups in total. The maximum absolute atomic E-state index is 12.5. The van der Waals surface area contributed by atoms with Gasteiger partial charge in [0.15, 0.2) is 0 Å². The van der Waals surface area contributed by atoms with Crippen molar-refractivity contribution >= 4 is 11.7 Å². The van der Waals surface area contributed by atoms with Gasteiger partial charge in [-0.1, -0.05) is 6.07 Å². The molecule has 1 atom stereocenters. The first-order valence-corrected chi connectivity index (χ1v) is 7.74. The van der Waals surface area contributed by atoms with Crippen LogP contribution >= 0.6 is 0 Å². The predicted molar refractivity (Wildman–Crippen MR) is 88.4 cm³/mol. The van der Waals surface area contributed by atoms with Crippen molar-refractivity contribution in [3.05, 3.63) is 48.4 Å². The summed E-state index contributed by atoms with van der Waals surface area (Å²) in [5.41, 5.74) is -0.289. The van der Waals surface area contributed by atoms with Gasteiger partial charge in [-0.25, -0.2) is 4.98 Å². The van der Waals surface area contributed by atoms with E-state index in [2.05, 4.69) is 9.88 Å². The number of pyridine rings is 1. The molecule has 1 fully saturated rings. The Labute approximate surface area is 136 Å². The summed E-state index contributed by atoms with van der Waals surface area (Å²) in [4.78, 5) is 20.5. The number of aryl methyl sites for hydroxylation is 1. The molecule has 0 radical (unpaired) electrons. The van der Waals surface area contributed by atoms with Gasteiger partial charge >= 0.3 is 0 Å². The molecule has 1 saturated heterocycles. The zero-order valence-corrected chi connectivity index (χ0v) is 13.5. The monoisotopic (exact) mass is 314 g/mol. The number of likely N-dealkylation sites (N-methyl/N-ethyl adjacent to an activating group) is 1. The third-order valence-corrected chi connectivity index (χ3v) is 4.35. The molecule has 3 rings (SSSR count). The first-order chi connectivity index (χ1) is 11.0. The zero-order chi connectivity index (χ0) is 16.4. The van der Waals surface area contributed by atoms with Crippen LogP contribution in [0, 0.1) is 0 Å². The molecule has 1 amide bonds. The highest BCUT2D eigenvalue weighted by Crippen LogP contribution is 2.26. The fourth-order valence-corrected chi connectivity index (χ4v) is 3.11. The molecule has 0 spiro atoms. The van der Waals surface area contributed by atoms with E-state index in [0.29, 0.717) is 25.2 Å². The molecule has 3 heterocycles. The second kappa shape index (κ2) is 6.04. The van der Waals surface area contributed by atoms with Gasteiger partial charge in [-0.2, -0.15) is 0 Å². The van der Waals surface area contributed by atoms with E-state index in [-0.39, 0.29) is 5.91 Å². The van der Waals surface area contributed by atoms with Crippen molar-refractivity contribution in [3.8, 4) is 0 Å². The summed E-state index contributed by atoms with van der Waals surface area (Å²) in [5.74, 6) is 0.780. The Bertz CT molecular complexity index is 685. The molecule has 122 valence electrons. The lowest BCUT2D eigenvalue weighted by atomic mass is 10.0. The molecule has 0 aromatic carbocycles. The van der Waals surface area contributed by atoms with Crippen LogP contribution in [-0.2, 0) is 7.05 Å². The van der Waals surface area contributed by atoms with Crippen LogP contribution in [0.5, 0.6) is 0 Å². The van der Waals surface area contributed by atoms with Crippen molar-refractivity contribution in [2.24, 2.45) is 7.05 Å². The number of carbonyl (C=O) groups excluding carboxylic acids is 1. The third-order valence-electron chi connectivity index (χ3n) is 4.35. The third kappa shape index (κ3) is 3.22. The molecule has 0 unspecified atom stereocenters. The fourth-order valence-electron chi connectivity index (χ4n) is 3.11. The van der Waals surface area contributed by atoms with Gasteiger partial charge < -0.3 is 19.5 Å². The van der Waals surface area contributed by atoms with Crippen LogP contribution in [0.25, 0.3) is 0 Å². The van der Waals surface area contributed by atoms with Crippen LogP contribution < -0.4 is 4.90 Å². The summed E-state index contributed by atoms with van der Waals surface area (Å²) in [6, 6.07) is 9.37. The Balaban J connectivity index is 1.66. The number of aliphatic hydroxyl groups is 1. The second-order valence-corrected chi connectivity index (χ2v) is 6.25. The van der Waals surface area contributed by atoms with E-state index in [1.165, 1.54) is 0 Å². The zero-order valence-electron chi connectivity index (χ0n) is 13.5. The summed E-state index contributed by atoms with van der Waals surface area (Å²) < 4.78 is 1.79. The molecule has 2 aromatic heterocycles. The van der Waals surface area contributed by atoms with Crippen LogP contribution in [0.2, 0.25) is 0 Å². The largest absolute Gasteiger partial charge is 0.386 e. The van der Waals surface area contributed by atoms with E-state index >= 15 is 0 Å². The topological polar surface area (TPSA) is 61.6 Å². The van der Waals surface area contributed by atoms with Crippen molar-refractivity contribution in [1.29, 1.82) is 0 Å². The van der Waals surface area contributed by atoms with Crippen LogP contribution in [0.3, 0.4) is 0 Å². The fraction of sp³-hybridized carbons (Fsp3) is 0.412. The molecule has 0 bridgehead atoms. The molecular weight excluding hydrogens is 292 g/mol. The quantitative estimate of drug-likeness (QED) is 0.919. The number of rotatable bonds is 4. The van der Waals surface area contributed by atoms with Crippen molar-refractivity contribution < 1.29 is 9.90 Å². The van der Waals surface area contributed by atoms with Crippen LogP contribution in [0.1, 0.15) is 16.9 Å². The lowest BCUT2D eigenvalue weighted by Crippen LogP contribution is -2.46. The molecule has 1 aliphatic rings. The first-order valence-electron chi connectivity index (χ1n) is 7.74. The van der Waals surface area contributed by atoms with Crippen LogP contribution in [0.4, 0.5) is 5.82 Å². The number of hydrogen-bond donors (Lipinski definition) is 1.